The van der Waals surface area contributed by atoms with Crippen molar-refractivity contribution in [1.29, 1.82) is 5.26 Å². The van der Waals surface area contributed by atoms with Gasteiger partial charge in [0.25, 0.3) is 5.91 Å². The Bertz CT molecular complexity index is 710. The van der Waals surface area contributed by atoms with Crippen LogP contribution in [-0.4, -0.2) is 5.91 Å². The highest BCUT2D eigenvalue weighted by Gasteiger charge is 2.08. The molecule has 0 radical (unpaired) electrons. The Hall–Kier alpha value is -2.36. The molecule has 0 aliphatic rings. The van der Waals surface area contributed by atoms with Crippen molar-refractivity contribution in [2.45, 2.75) is 6.61 Å². The Morgan fingerprint density at radius 3 is 2.81 bits per heavy atom. The zero-order valence-electron chi connectivity index (χ0n) is 11.0. The molecule has 2 aromatic carbocycles. The standard InChI is InChI=1S/C15H12BrN3O2/c16-14-7-11(15(20)19-18)4-5-12(14)9-21-13-3-1-2-10(6-13)8-17/h1-7H,9,18H2,(H,19,20). The predicted octanol–water partition coefficient (Wildman–Crippen LogP) is 2.50. The molecule has 6 heteroatoms. The van der Waals surface area contributed by atoms with Gasteiger partial charge in [0.2, 0.25) is 0 Å². The minimum atomic E-state index is -0.357. The van der Waals surface area contributed by atoms with Crippen molar-refractivity contribution >= 4 is 21.8 Å². The van der Waals surface area contributed by atoms with Crippen LogP contribution in [0.2, 0.25) is 0 Å². The molecule has 0 saturated carbocycles. The second-order valence-electron chi connectivity index (χ2n) is 4.21. The summed E-state index contributed by atoms with van der Waals surface area (Å²) in [5.74, 6) is 5.35. The minimum absolute atomic E-state index is 0.319. The van der Waals surface area contributed by atoms with Gasteiger partial charge in [-0.05, 0) is 30.3 Å². The Balaban J connectivity index is 2.10. The maximum Gasteiger partial charge on any atom is 0.265 e. The third-order valence-electron chi connectivity index (χ3n) is 2.80. The monoisotopic (exact) mass is 345 g/mol. The molecule has 0 aliphatic carbocycles. The number of amides is 1. The molecule has 0 saturated heterocycles. The molecular formula is C15H12BrN3O2. The number of rotatable bonds is 4. The highest BCUT2D eigenvalue weighted by molar-refractivity contribution is 9.10. The molecule has 1 amide bonds. The van der Waals surface area contributed by atoms with Crippen molar-refractivity contribution in [2.75, 3.05) is 0 Å². The Labute approximate surface area is 130 Å². The van der Waals surface area contributed by atoms with E-state index in [0.717, 1.165) is 10.0 Å². The maximum absolute atomic E-state index is 11.4. The summed E-state index contributed by atoms with van der Waals surface area (Å²) >= 11 is 3.39. The van der Waals surface area contributed by atoms with Crippen LogP contribution in [-0.2, 0) is 6.61 Å². The zero-order chi connectivity index (χ0) is 15.2. The number of carbonyl (C=O) groups excluding carboxylic acids is 1. The normalized spacial score (nSPS) is 9.76. The lowest BCUT2D eigenvalue weighted by Crippen LogP contribution is -2.29. The van der Waals surface area contributed by atoms with Crippen LogP contribution in [0.5, 0.6) is 5.75 Å². The number of nitriles is 1. The lowest BCUT2D eigenvalue weighted by Gasteiger charge is -2.09. The van der Waals surface area contributed by atoms with E-state index in [-0.39, 0.29) is 5.91 Å². The molecule has 0 aromatic heterocycles. The first-order valence-electron chi connectivity index (χ1n) is 6.06. The molecule has 0 aliphatic heterocycles. The van der Waals surface area contributed by atoms with Crippen LogP contribution >= 0.6 is 15.9 Å². The average molecular weight is 346 g/mol. The van der Waals surface area contributed by atoms with Crippen molar-refractivity contribution in [1.82, 2.24) is 5.43 Å². The number of nitrogen functional groups attached to an aromatic ring is 1. The number of nitrogens with zero attached hydrogens (tertiary/aromatic N) is 1. The van der Waals surface area contributed by atoms with Gasteiger partial charge in [-0.15, -0.1) is 0 Å². The second-order valence-corrected chi connectivity index (χ2v) is 5.06. The van der Waals surface area contributed by atoms with Crippen molar-refractivity contribution in [3.63, 3.8) is 0 Å². The van der Waals surface area contributed by atoms with Gasteiger partial charge in [-0.2, -0.15) is 5.26 Å². The van der Waals surface area contributed by atoms with Crippen LogP contribution < -0.4 is 16.0 Å². The summed E-state index contributed by atoms with van der Waals surface area (Å²) in [5.41, 5.74) is 3.96. The Kier molecular flexibility index (Phi) is 4.93. The first-order chi connectivity index (χ1) is 10.1. The van der Waals surface area contributed by atoms with E-state index in [1.165, 1.54) is 0 Å². The van der Waals surface area contributed by atoms with E-state index >= 15 is 0 Å². The van der Waals surface area contributed by atoms with Crippen LogP contribution in [0, 0.1) is 11.3 Å². The molecule has 0 atom stereocenters. The van der Waals surface area contributed by atoms with E-state index in [4.69, 9.17) is 15.8 Å². The molecule has 0 unspecified atom stereocenters. The molecule has 0 heterocycles. The number of ether oxygens (including phenoxy) is 1. The summed E-state index contributed by atoms with van der Waals surface area (Å²) in [6, 6.07) is 14.1. The molecular weight excluding hydrogens is 334 g/mol. The Morgan fingerprint density at radius 2 is 2.14 bits per heavy atom. The van der Waals surface area contributed by atoms with Gasteiger partial charge in [-0.1, -0.05) is 28.1 Å². The summed E-state index contributed by atoms with van der Waals surface area (Å²) in [5, 5.41) is 8.84. The van der Waals surface area contributed by atoms with E-state index < -0.39 is 0 Å². The van der Waals surface area contributed by atoms with Crippen molar-refractivity contribution in [3.05, 3.63) is 63.6 Å². The third kappa shape index (κ3) is 3.81. The van der Waals surface area contributed by atoms with Crippen LogP contribution in [0.3, 0.4) is 0 Å². The highest BCUT2D eigenvalue weighted by Crippen LogP contribution is 2.21. The van der Waals surface area contributed by atoms with E-state index in [9.17, 15) is 4.79 Å². The third-order valence-corrected chi connectivity index (χ3v) is 3.54. The molecule has 2 rings (SSSR count). The fraction of sp³-hybridized carbons (Fsp3) is 0.0667. The molecule has 2 aromatic rings. The number of halogens is 1. The number of hydrazine groups is 1. The predicted molar refractivity (Wildman–Crippen MR) is 81.3 cm³/mol. The van der Waals surface area contributed by atoms with Gasteiger partial charge in [0, 0.05) is 15.6 Å². The highest BCUT2D eigenvalue weighted by atomic mass is 79.9. The fourth-order valence-electron chi connectivity index (χ4n) is 1.71. The number of nitrogens with two attached hydrogens (primary N) is 1. The SMILES string of the molecule is N#Cc1cccc(OCc2ccc(C(=O)NN)cc2Br)c1. The quantitative estimate of drug-likeness (QED) is 0.506. The lowest BCUT2D eigenvalue weighted by atomic mass is 10.1. The van der Waals surface area contributed by atoms with E-state index in [2.05, 4.69) is 27.4 Å². The number of nitrogens with one attached hydrogen (secondary N) is 1. The molecule has 106 valence electrons. The smallest absolute Gasteiger partial charge is 0.265 e. The molecule has 0 bridgehead atoms. The topological polar surface area (TPSA) is 88.1 Å². The van der Waals surface area contributed by atoms with Gasteiger partial charge in [0.1, 0.15) is 12.4 Å². The number of carbonyl (C=O) groups is 1. The summed E-state index contributed by atoms with van der Waals surface area (Å²) in [6.45, 7) is 0.319. The van der Waals surface area contributed by atoms with Gasteiger partial charge in [-0.25, -0.2) is 5.84 Å². The molecule has 3 N–H and O–H groups in total. The summed E-state index contributed by atoms with van der Waals surface area (Å²) in [4.78, 5) is 11.4. The van der Waals surface area contributed by atoms with E-state index in [1.807, 2.05) is 0 Å². The summed E-state index contributed by atoms with van der Waals surface area (Å²) in [6.07, 6.45) is 0. The van der Waals surface area contributed by atoms with Crippen molar-refractivity contribution in [2.24, 2.45) is 5.84 Å². The summed E-state index contributed by atoms with van der Waals surface area (Å²) < 4.78 is 6.39. The second kappa shape index (κ2) is 6.88. The van der Waals surface area contributed by atoms with Gasteiger partial charge in [-0.3, -0.25) is 10.2 Å². The first-order valence-corrected chi connectivity index (χ1v) is 6.85. The first kappa shape index (κ1) is 15.0. The van der Waals surface area contributed by atoms with E-state index in [1.54, 1.807) is 42.5 Å². The Morgan fingerprint density at radius 1 is 1.33 bits per heavy atom. The largest absolute Gasteiger partial charge is 0.489 e. The number of hydrogen-bond acceptors (Lipinski definition) is 4. The molecule has 5 nitrogen and oxygen atoms in total. The lowest BCUT2D eigenvalue weighted by molar-refractivity contribution is 0.0953. The molecule has 21 heavy (non-hydrogen) atoms. The maximum atomic E-state index is 11.4. The average Bonchev–Trinajstić information content (AvgIpc) is 2.53. The van der Waals surface area contributed by atoms with Crippen molar-refractivity contribution < 1.29 is 9.53 Å². The molecule has 0 fully saturated rings. The van der Waals surface area contributed by atoms with Crippen LogP contribution in [0.4, 0.5) is 0 Å². The van der Waals surface area contributed by atoms with Crippen molar-refractivity contribution in [3.8, 4) is 11.8 Å². The zero-order valence-corrected chi connectivity index (χ0v) is 12.6. The molecule has 0 spiro atoms. The van der Waals surface area contributed by atoms with Gasteiger partial charge >= 0.3 is 0 Å². The van der Waals surface area contributed by atoms with Gasteiger partial charge in [0.05, 0.1) is 11.6 Å². The van der Waals surface area contributed by atoms with Crippen LogP contribution in [0.25, 0.3) is 0 Å². The van der Waals surface area contributed by atoms with Crippen LogP contribution in [0.1, 0.15) is 21.5 Å². The number of benzene rings is 2. The van der Waals surface area contributed by atoms with Crippen LogP contribution in [0.15, 0.2) is 46.9 Å². The number of hydrogen-bond donors (Lipinski definition) is 2. The fourth-order valence-corrected chi connectivity index (χ4v) is 2.20. The van der Waals surface area contributed by atoms with Gasteiger partial charge < -0.3 is 4.74 Å². The summed E-state index contributed by atoms with van der Waals surface area (Å²) in [7, 11) is 0. The van der Waals surface area contributed by atoms with E-state index in [0.29, 0.717) is 23.5 Å². The minimum Gasteiger partial charge on any atom is -0.489 e. The van der Waals surface area contributed by atoms with Gasteiger partial charge in [0.15, 0.2) is 0 Å².